The first-order chi connectivity index (χ1) is 14.1. The molecule has 1 aromatic heterocycles. The van der Waals surface area contributed by atoms with Gasteiger partial charge in [0.1, 0.15) is 6.33 Å². The molecule has 8 nitrogen and oxygen atoms in total. The molecule has 1 aliphatic rings. The van der Waals surface area contributed by atoms with E-state index < -0.39 is 4.92 Å². The second-order valence-corrected chi connectivity index (χ2v) is 7.03. The van der Waals surface area contributed by atoms with E-state index in [0.29, 0.717) is 29.6 Å². The van der Waals surface area contributed by atoms with Crippen LogP contribution in [0.25, 0.3) is 0 Å². The van der Waals surface area contributed by atoms with Crippen molar-refractivity contribution in [2.75, 3.05) is 41.3 Å². The molecule has 1 saturated heterocycles. The van der Waals surface area contributed by atoms with Gasteiger partial charge in [-0.15, -0.1) is 0 Å². The molecule has 1 fully saturated rings. The number of nitrogens with one attached hydrogen (secondary N) is 1. The Morgan fingerprint density at radius 1 is 0.966 bits per heavy atom. The van der Waals surface area contributed by atoms with Crippen LogP contribution in [-0.4, -0.2) is 41.1 Å². The minimum Gasteiger partial charge on any atom is -0.368 e. The average molecular weight is 411 g/mol. The van der Waals surface area contributed by atoms with Crippen LogP contribution in [0, 0.1) is 10.1 Å². The summed E-state index contributed by atoms with van der Waals surface area (Å²) in [7, 11) is 0. The predicted molar refractivity (Wildman–Crippen MR) is 114 cm³/mol. The van der Waals surface area contributed by atoms with Crippen molar-refractivity contribution in [3.63, 3.8) is 0 Å². The van der Waals surface area contributed by atoms with Crippen LogP contribution in [0.4, 0.5) is 28.7 Å². The molecule has 0 unspecified atom stereocenters. The predicted octanol–water partition coefficient (Wildman–Crippen LogP) is 4.11. The number of nitrogens with zero attached hydrogens (tertiary/aromatic N) is 5. The SMILES string of the molecule is O=[N+]([O-])c1c(Nc2cccc(Cl)c2)ncnc1N1CCN(c2ccccc2)CC1. The highest BCUT2D eigenvalue weighted by molar-refractivity contribution is 6.30. The molecule has 3 aromatic rings. The third kappa shape index (κ3) is 4.22. The molecule has 2 aromatic carbocycles. The van der Waals surface area contributed by atoms with Crippen LogP contribution in [0.5, 0.6) is 0 Å². The van der Waals surface area contributed by atoms with E-state index in [4.69, 9.17) is 11.6 Å². The smallest absolute Gasteiger partial charge is 0.353 e. The summed E-state index contributed by atoms with van der Waals surface area (Å²) in [5, 5.41) is 15.4. The lowest BCUT2D eigenvalue weighted by atomic mass is 10.2. The fraction of sp³-hybridized carbons (Fsp3) is 0.200. The lowest BCUT2D eigenvalue weighted by molar-refractivity contribution is -0.383. The Hall–Kier alpha value is -3.39. The van der Waals surface area contributed by atoms with Gasteiger partial charge in [0.2, 0.25) is 11.6 Å². The summed E-state index contributed by atoms with van der Waals surface area (Å²) in [6.45, 7) is 2.76. The molecule has 0 saturated carbocycles. The maximum atomic E-state index is 11.9. The Morgan fingerprint density at radius 2 is 1.69 bits per heavy atom. The Morgan fingerprint density at radius 3 is 2.38 bits per heavy atom. The largest absolute Gasteiger partial charge is 0.368 e. The molecule has 0 radical (unpaired) electrons. The van der Waals surface area contributed by atoms with E-state index in [0.717, 1.165) is 18.8 Å². The Kier molecular flexibility index (Phi) is 5.44. The number of piperazine rings is 1. The van der Waals surface area contributed by atoms with E-state index in [1.807, 2.05) is 23.1 Å². The number of hydrogen-bond acceptors (Lipinski definition) is 7. The maximum Gasteiger partial charge on any atom is 0.353 e. The normalized spacial score (nSPS) is 14.0. The molecule has 9 heteroatoms. The number of benzene rings is 2. The van der Waals surface area contributed by atoms with Crippen LogP contribution in [0.3, 0.4) is 0 Å². The number of aromatic nitrogens is 2. The van der Waals surface area contributed by atoms with Gasteiger partial charge in [-0.3, -0.25) is 10.1 Å². The lowest BCUT2D eigenvalue weighted by Gasteiger charge is -2.36. The van der Waals surface area contributed by atoms with Crippen molar-refractivity contribution >= 4 is 40.3 Å². The first kappa shape index (κ1) is 18.9. The number of nitro groups is 1. The van der Waals surface area contributed by atoms with Crippen LogP contribution >= 0.6 is 11.6 Å². The van der Waals surface area contributed by atoms with Gasteiger partial charge in [0.05, 0.1) is 4.92 Å². The summed E-state index contributed by atoms with van der Waals surface area (Å²) in [6, 6.07) is 17.1. The first-order valence-corrected chi connectivity index (χ1v) is 9.56. The summed E-state index contributed by atoms with van der Waals surface area (Å²) in [5.74, 6) is 0.468. The van der Waals surface area contributed by atoms with Gasteiger partial charge >= 0.3 is 5.69 Å². The first-order valence-electron chi connectivity index (χ1n) is 9.19. The van der Waals surface area contributed by atoms with E-state index in [2.05, 4.69) is 32.3 Å². The molecule has 2 heterocycles. The topological polar surface area (TPSA) is 87.4 Å². The molecule has 0 aliphatic carbocycles. The van der Waals surface area contributed by atoms with Crippen LogP contribution in [-0.2, 0) is 0 Å². The molecule has 1 aliphatic heterocycles. The molecule has 0 amide bonds. The molecule has 0 atom stereocenters. The summed E-state index contributed by atoms with van der Waals surface area (Å²) < 4.78 is 0. The van der Waals surface area contributed by atoms with Crippen LogP contribution < -0.4 is 15.1 Å². The zero-order valence-corrected chi connectivity index (χ0v) is 16.3. The van der Waals surface area contributed by atoms with Crippen molar-refractivity contribution in [2.45, 2.75) is 0 Å². The standard InChI is InChI=1S/C20H19ClN6O2/c21-15-5-4-6-16(13-15)24-19-18(27(28)29)20(23-14-22-19)26-11-9-25(10-12-26)17-7-2-1-3-8-17/h1-8,13-14H,9-12H2,(H,22,23,24). The summed E-state index contributed by atoms with van der Waals surface area (Å²) in [4.78, 5) is 23.9. The fourth-order valence-corrected chi connectivity index (χ4v) is 3.57. The second kappa shape index (κ2) is 8.32. The van der Waals surface area contributed by atoms with E-state index in [1.54, 1.807) is 24.3 Å². The van der Waals surface area contributed by atoms with Gasteiger partial charge in [0.25, 0.3) is 0 Å². The van der Waals surface area contributed by atoms with E-state index >= 15 is 0 Å². The molecular weight excluding hydrogens is 392 g/mol. The zero-order chi connectivity index (χ0) is 20.2. The third-order valence-electron chi connectivity index (χ3n) is 4.77. The maximum absolute atomic E-state index is 11.9. The van der Waals surface area contributed by atoms with Crippen molar-refractivity contribution < 1.29 is 4.92 Å². The second-order valence-electron chi connectivity index (χ2n) is 6.60. The Balaban J connectivity index is 1.57. The Bertz CT molecular complexity index is 1010. The molecule has 1 N–H and O–H groups in total. The number of rotatable bonds is 5. The summed E-state index contributed by atoms with van der Waals surface area (Å²) in [6.07, 6.45) is 1.35. The molecule has 0 spiro atoms. The summed E-state index contributed by atoms with van der Waals surface area (Å²) >= 11 is 6.01. The summed E-state index contributed by atoms with van der Waals surface area (Å²) in [5.41, 5.74) is 1.63. The highest BCUT2D eigenvalue weighted by Crippen LogP contribution is 2.34. The number of para-hydroxylation sites is 1. The lowest BCUT2D eigenvalue weighted by Crippen LogP contribution is -2.47. The molecule has 4 rings (SSSR count). The minimum atomic E-state index is -0.439. The van der Waals surface area contributed by atoms with E-state index in [-0.39, 0.29) is 11.5 Å². The van der Waals surface area contributed by atoms with Gasteiger partial charge in [-0.05, 0) is 30.3 Å². The molecule has 29 heavy (non-hydrogen) atoms. The third-order valence-corrected chi connectivity index (χ3v) is 5.01. The van der Waals surface area contributed by atoms with E-state index in [1.165, 1.54) is 6.33 Å². The number of halogens is 1. The van der Waals surface area contributed by atoms with Gasteiger partial charge in [-0.1, -0.05) is 35.9 Å². The van der Waals surface area contributed by atoms with Gasteiger partial charge < -0.3 is 15.1 Å². The van der Waals surface area contributed by atoms with Crippen LogP contribution in [0.2, 0.25) is 5.02 Å². The van der Waals surface area contributed by atoms with Gasteiger partial charge in [-0.2, -0.15) is 0 Å². The minimum absolute atomic E-state index is 0.138. The molecule has 148 valence electrons. The van der Waals surface area contributed by atoms with Crippen molar-refractivity contribution in [1.82, 2.24) is 9.97 Å². The van der Waals surface area contributed by atoms with Gasteiger partial charge in [-0.25, -0.2) is 9.97 Å². The monoisotopic (exact) mass is 410 g/mol. The molecular formula is C20H19ClN6O2. The van der Waals surface area contributed by atoms with Crippen molar-refractivity contribution in [1.29, 1.82) is 0 Å². The zero-order valence-electron chi connectivity index (χ0n) is 15.5. The van der Waals surface area contributed by atoms with Crippen LogP contribution in [0.15, 0.2) is 60.9 Å². The Labute approximate surface area is 172 Å². The van der Waals surface area contributed by atoms with Crippen molar-refractivity contribution in [2.24, 2.45) is 0 Å². The van der Waals surface area contributed by atoms with Crippen molar-refractivity contribution in [3.05, 3.63) is 76.1 Å². The quantitative estimate of drug-likeness (QED) is 0.500. The average Bonchev–Trinajstić information content (AvgIpc) is 2.74. The highest BCUT2D eigenvalue weighted by Gasteiger charge is 2.29. The van der Waals surface area contributed by atoms with Gasteiger partial charge in [0, 0.05) is 42.6 Å². The van der Waals surface area contributed by atoms with Crippen molar-refractivity contribution in [3.8, 4) is 0 Å². The highest BCUT2D eigenvalue weighted by atomic mass is 35.5. The fourth-order valence-electron chi connectivity index (χ4n) is 3.38. The molecule has 0 bridgehead atoms. The van der Waals surface area contributed by atoms with Crippen LogP contribution in [0.1, 0.15) is 0 Å². The number of anilines is 4. The van der Waals surface area contributed by atoms with E-state index in [9.17, 15) is 10.1 Å². The van der Waals surface area contributed by atoms with Gasteiger partial charge in [0.15, 0.2) is 0 Å². The number of hydrogen-bond donors (Lipinski definition) is 1.